The lowest BCUT2D eigenvalue weighted by Crippen LogP contribution is -1.97. The normalized spacial score (nSPS) is 9.86. The number of hydrogen-bond acceptors (Lipinski definition) is 3. The highest BCUT2D eigenvalue weighted by Crippen LogP contribution is 2.26. The maximum atomic E-state index is 12.9. The minimum atomic E-state index is -0.771. The van der Waals surface area contributed by atoms with Crippen molar-refractivity contribution in [2.24, 2.45) is 0 Å². The minimum absolute atomic E-state index is 0.0525. The second-order valence-electron chi connectivity index (χ2n) is 2.80. The molecule has 0 fully saturated rings. The Morgan fingerprint density at radius 1 is 1.64 bits per heavy atom. The molecule has 0 aliphatic rings. The number of benzene rings is 1. The summed E-state index contributed by atoms with van der Waals surface area (Å²) in [5.74, 6) is -1.15. The van der Waals surface area contributed by atoms with Crippen molar-refractivity contribution in [3.05, 3.63) is 45.8 Å². The number of nitrogens with zero attached hydrogens (tertiary/aromatic N) is 1. The molecular weight excluding hydrogens is 189 g/mol. The molecule has 0 radical (unpaired) electrons. The fraction of sp³-hybridized carbons (Fsp3) is 0.111. The first kappa shape index (κ1) is 10.2. The third-order valence-electron chi connectivity index (χ3n) is 1.85. The van der Waals surface area contributed by atoms with Gasteiger partial charge >= 0.3 is 0 Å². The Hall–Kier alpha value is -1.91. The molecule has 0 atom stereocenters. The van der Waals surface area contributed by atoms with E-state index < -0.39 is 10.7 Å². The van der Waals surface area contributed by atoms with E-state index in [4.69, 9.17) is 5.11 Å². The first-order valence-electron chi connectivity index (χ1n) is 3.76. The zero-order valence-corrected chi connectivity index (χ0v) is 7.45. The van der Waals surface area contributed by atoms with Crippen LogP contribution in [-0.4, -0.2) is 10.0 Å². The average molecular weight is 197 g/mol. The van der Waals surface area contributed by atoms with Crippen molar-refractivity contribution in [2.45, 2.75) is 6.92 Å². The molecule has 0 aromatic heterocycles. The summed E-state index contributed by atoms with van der Waals surface area (Å²) in [5, 5.41) is 19.5. The lowest BCUT2D eigenvalue weighted by atomic mass is 10.1. The third-order valence-corrected chi connectivity index (χ3v) is 1.85. The Balaban J connectivity index is 3.47. The van der Waals surface area contributed by atoms with Crippen molar-refractivity contribution in [1.29, 1.82) is 0 Å². The Kier molecular flexibility index (Phi) is 2.51. The predicted octanol–water partition coefficient (Wildman–Crippen LogP) is 2.57. The van der Waals surface area contributed by atoms with Crippen molar-refractivity contribution in [3.8, 4) is 0 Å². The monoisotopic (exact) mass is 197 g/mol. The Bertz CT molecular complexity index is 380. The van der Waals surface area contributed by atoms with Crippen LogP contribution >= 0.6 is 0 Å². The van der Waals surface area contributed by atoms with Crippen LogP contribution < -0.4 is 0 Å². The summed E-state index contributed by atoms with van der Waals surface area (Å²) in [6, 6.07) is 1.81. The van der Waals surface area contributed by atoms with E-state index in [1.807, 2.05) is 0 Å². The summed E-state index contributed by atoms with van der Waals surface area (Å²) >= 11 is 0. The quantitative estimate of drug-likeness (QED) is 0.450. The van der Waals surface area contributed by atoms with Gasteiger partial charge in [-0.1, -0.05) is 6.58 Å². The van der Waals surface area contributed by atoms with Crippen LogP contribution in [0.2, 0.25) is 0 Å². The molecule has 0 spiro atoms. The summed E-state index contributed by atoms with van der Waals surface area (Å²) in [4.78, 5) is 9.77. The van der Waals surface area contributed by atoms with Crippen molar-refractivity contribution in [1.82, 2.24) is 0 Å². The van der Waals surface area contributed by atoms with Gasteiger partial charge in [-0.05, 0) is 13.0 Å². The van der Waals surface area contributed by atoms with E-state index in [-0.39, 0.29) is 22.6 Å². The van der Waals surface area contributed by atoms with Gasteiger partial charge in [0.2, 0.25) is 0 Å². The molecule has 1 rings (SSSR count). The SMILES string of the molecule is C=C(O)c1cc(F)cc([N+](=O)[O-])c1C. The van der Waals surface area contributed by atoms with Crippen LogP contribution in [0.4, 0.5) is 10.1 Å². The van der Waals surface area contributed by atoms with Crippen LogP contribution in [0.1, 0.15) is 11.1 Å². The van der Waals surface area contributed by atoms with Crippen molar-refractivity contribution >= 4 is 11.4 Å². The molecule has 5 heteroatoms. The number of halogens is 1. The molecule has 0 aliphatic carbocycles. The number of nitro groups is 1. The standard InChI is InChI=1S/C9H8FNO3/c1-5-8(6(2)12)3-7(10)4-9(5)11(13)14/h3-4,12H,2H2,1H3. The van der Waals surface area contributed by atoms with E-state index in [1.165, 1.54) is 6.92 Å². The van der Waals surface area contributed by atoms with Gasteiger partial charge < -0.3 is 5.11 Å². The molecule has 0 aliphatic heterocycles. The number of nitro benzene ring substituents is 1. The molecule has 4 nitrogen and oxygen atoms in total. The number of aliphatic hydroxyl groups is 1. The molecule has 0 bridgehead atoms. The molecular formula is C9H8FNO3. The van der Waals surface area contributed by atoms with Crippen LogP contribution in [0, 0.1) is 22.9 Å². The molecule has 0 unspecified atom stereocenters. The Labute approximate surface area is 79.4 Å². The van der Waals surface area contributed by atoms with Gasteiger partial charge in [0.05, 0.1) is 11.0 Å². The molecule has 0 saturated carbocycles. The van der Waals surface area contributed by atoms with E-state index in [0.717, 1.165) is 12.1 Å². The smallest absolute Gasteiger partial charge is 0.275 e. The van der Waals surface area contributed by atoms with Crippen LogP contribution in [0.3, 0.4) is 0 Å². The van der Waals surface area contributed by atoms with Crippen molar-refractivity contribution in [3.63, 3.8) is 0 Å². The first-order valence-corrected chi connectivity index (χ1v) is 3.76. The highest BCUT2D eigenvalue weighted by Gasteiger charge is 2.17. The van der Waals surface area contributed by atoms with E-state index >= 15 is 0 Å². The molecule has 1 N–H and O–H groups in total. The molecule has 74 valence electrons. The summed E-state index contributed by atoms with van der Waals surface area (Å²) in [6.07, 6.45) is 0. The van der Waals surface area contributed by atoms with Crippen LogP contribution in [0.25, 0.3) is 5.76 Å². The topological polar surface area (TPSA) is 63.4 Å². The summed E-state index contributed by atoms with van der Waals surface area (Å²) in [7, 11) is 0. The van der Waals surface area contributed by atoms with Crippen LogP contribution in [-0.2, 0) is 0 Å². The molecule has 0 amide bonds. The summed E-state index contributed by atoms with van der Waals surface area (Å²) in [5.41, 5.74) is -0.115. The molecule has 0 saturated heterocycles. The Morgan fingerprint density at radius 3 is 2.64 bits per heavy atom. The number of hydrogen-bond donors (Lipinski definition) is 1. The summed E-state index contributed by atoms with van der Waals surface area (Å²) in [6.45, 7) is 4.62. The van der Waals surface area contributed by atoms with E-state index in [1.54, 1.807) is 0 Å². The largest absolute Gasteiger partial charge is 0.508 e. The van der Waals surface area contributed by atoms with Crippen LogP contribution in [0.15, 0.2) is 18.7 Å². The lowest BCUT2D eigenvalue weighted by molar-refractivity contribution is -0.385. The zero-order valence-electron chi connectivity index (χ0n) is 7.45. The van der Waals surface area contributed by atoms with Gasteiger partial charge in [-0.3, -0.25) is 10.1 Å². The number of rotatable bonds is 2. The predicted molar refractivity (Wildman–Crippen MR) is 49.5 cm³/mol. The fourth-order valence-corrected chi connectivity index (χ4v) is 1.15. The van der Waals surface area contributed by atoms with Crippen molar-refractivity contribution < 1.29 is 14.4 Å². The molecule has 14 heavy (non-hydrogen) atoms. The first-order chi connectivity index (χ1) is 6.43. The molecule has 0 heterocycles. The van der Waals surface area contributed by atoms with Gasteiger partial charge in [0.15, 0.2) is 0 Å². The van der Waals surface area contributed by atoms with E-state index in [2.05, 4.69) is 6.58 Å². The number of aliphatic hydroxyl groups excluding tert-OH is 1. The van der Waals surface area contributed by atoms with Gasteiger partial charge in [-0.2, -0.15) is 0 Å². The Morgan fingerprint density at radius 2 is 2.21 bits per heavy atom. The fourth-order valence-electron chi connectivity index (χ4n) is 1.15. The maximum absolute atomic E-state index is 12.9. The molecule has 1 aromatic carbocycles. The zero-order chi connectivity index (χ0) is 10.9. The summed E-state index contributed by atoms with van der Waals surface area (Å²) < 4.78 is 12.9. The van der Waals surface area contributed by atoms with Gasteiger partial charge in [-0.25, -0.2) is 4.39 Å². The van der Waals surface area contributed by atoms with Crippen LogP contribution in [0.5, 0.6) is 0 Å². The second-order valence-corrected chi connectivity index (χ2v) is 2.80. The van der Waals surface area contributed by atoms with Gasteiger partial charge in [0.1, 0.15) is 11.6 Å². The maximum Gasteiger partial charge on any atom is 0.275 e. The molecule has 1 aromatic rings. The van der Waals surface area contributed by atoms with Gasteiger partial charge in [0, 0.05) is 11.1 Å². The highest BCUT2D eigenvalue weighted by atomic mass is 19.1. The van der Waals surface area contributed by atoms with Gasteiger partial charge in [-0.15, -0.1) is 0 Å². The van der Waals surface area contributed by atoms with E-state index in [9.17, 15) is 14.5 Å². The second kappa shape index (κ2) is 3.45. The van der Waals surface area contributed by atoms with Gasteiger partial charge in [0.25, 0.3) is 5.69 Å². The van der Waals surface area contributed by atoms with E-state index in [0.29, 0.717) is 0 Å². The minimum Gasteiger partial charge on any atom is -0.508 e. The average Bonchev–Trinajstić information content (AvgIpc) is 2.07. The highest BCUT2D eigenvalue weighted by molar-refractivity contribution is 5.64. The third kappa shape index (κ3) is 1.71. The van der Waals surface area contributed by atoms with Crippen molar-refractivity contribution in [2.75, 3.05) is 0 Å². The lowest BCUT2D eigenvalue weighted by Gasteiger charge is -2.04.